The highest BCUT2D eigenvalue weighted by Gasteiger charge is 2.33. The van der Waals surface area contributed by atoms with E-state index in [0.29, 0.717) is 18.1 Å². The van der Waals surface area contributed by atoms with Crippen molar-refractivity contribution in [2.75, 3.05) is 6.54 Å². The summed E-state index contributed by atoms with van der Waals surface area (Å²) in [5.74, 6) is 0.205. The minimum atomic E-state index is -0.321. The third kappa shape index (κ3) is 2.79. The van der Waals surface area contributed by atoms with Crippen LogP contribution in [0.1, 0.15) is 40.9 Å². The Hall–Kier alpha value is -3.03. The van der Waals surface area contributed by atoms with Crippen LogP contribution < -0.4 is 0 Å². The lowest BCUT2D eigenvalue weighted by molar-refractivity contribution is 0.0723. The smallest absolute Gasteiger partial charge is 0.294 e. The molecule has 7 nitrogen and oxygen atoms in total. The fourth-order valence-electron chi connectivity index (χ4n) is 3.24. The summed E-state index contributed by atoms with van der Waals surface area (Å²) in [6, 6.07) is 5.91. The molecule has 1 fully saturated rings. The molecule has 3 aromatic rings. The van der Waals surface area contributed by atoms with Crippen LogP contribution in [-0.4, -0.2) is 42.3 Å². The summed E-state index contributed by atoms with van der Waals surface area (Å²) < 4.78 is 14.7. The molecule has 1 saturated heterocycles. The molecule has 25 heavy (non-hydrogen) atoms. The van der Waals surface area contributed by atoms with Crippen LogP contribution in [0.25, 0.3) is 5.69 Å². The van der Waals surface area contributed by atoms with Crippen LogP contribution in [-0.2, 0) is 0 Å². The van der Waals surface area contributed by atoms with Crippen molar-refractivity contribution in [3.63, 3.8) is 0 Å². The minimum absolute atomic E-state index is 0.00988. The van der Waals surface area contributed by atoms with Crippen molar-refractivity contribution in [2.45, 2.75) is 25.8 Å². The lowest BCUT2D eigenvalue weighted by atomic mass is 10.1. The van der Waals surface area contributed by atoms with E-state index in [1.165, 1.54) is 12.1 Å². The molecule has 1 atom stereocenters. The zero-order valence-electron chi connectivity index (χ0n) is 13.7. The number of likely N-dealkylation sites (tertiary alicyclic amines) is 1. The molecule has 1 aliphatic rings. The van der Waals surface area contributed by atoms with Crippen molar-refractivity contribution in [3.05, 3.63) is 59.7 Å². The van der Waals surface area contributed by atoms with Crippen molar-refractivity contribution in [1.29, 1.82) is 0 Å². The predicted molar refractivity (Wildman–Crippen MR) is 87.7 cm³/mol. The molecule has 1 amide bonds. The second-order valence-corrected chi connectivity index (χ2v) is 6.06. The minimum Gasteiger partial charge on any atom is -0.329 e. The Bertz CT molecular complexity index is 887. The van der Waals surface area contributed by atoms with Crippen LogP contribution in [0.5, 0.6) is 0 Å². The molecule has 0 spiro atoms. The van der Waals surface area contributed by atoms with Gasteiger partial charge in [-0.05, 0) is 44.0 Å². The molecule has 0 radical (unpaired) electrons. The zero-order chi connectivity index (χ0) is 17.4. The van der Waals surface area contributed by atoms with Gasteiger partial charge in [-0.2, -0.15) is 5.10 Å². The van der Waals surface area contributed by atoms with Crippen molar-refractivity contribution in [3.8, 4) is 5.69 Å². The normalized spacial score (nSPS) is 17.2. The number of aromatic nitrogens is 5. The molecule has 1 unspecified atom stereocenters. The number of nitrogens with zero attached hydrogens (tertiary/aromatic N) is 5. The maximum absolute atomic E-state index is 13.1. The highest BCUT2D eigenvalue weighted by molar-refractivity contribution is 5.91. The van der Waals surface area contributed by atoms with Gasteiger partial charge in [-0.3, -0.25) is 9.89 Å². The summed E-state index contributed by atoms with van der Waals surface area (Å²) >= 11 is 0. The molecule has 128 valence electrons. The number of amides is 1. The molecule has 1 aliphatic heterocycles. The molecule has 0 saturated carbocycles. The summed E-state index contributed by atoms with van der Waals surface area (Å²) in [6.07, 6.45) is 5.38. The van der Waals surface area contributed by atoms with Gasteiger partial charge < -0.3 is 4.90 Å². The monoisotopic (exact) mass is 340 g/mol. The summed E-state index contributed by atoms with van der Waals surface area (Å²) in [6.45, 7) is 2.43. The Labute approximate surface area is 143 Å². The molecule has 1 aromatic carbocycles. The first-order valence-electron chi connectivity index (χ1n) is 8.13. The Morgan fingerprint density at radius 3 is 2.84 bits per heavy atom. The van der Waals surface area contributed by atoms with E-state index < -0.39 is 0 Å². The van der Waals surface area contributed by atoms with Gasteiger partial charge in [-0.25, -0.2) is 14.1 Å². The molecule has 0 aliphatic carbocycles. The summed E-state index contributed by atoms with van der Waals surface area (Å²) in [4.78, 5) is 19.0. The molecular weight excluding hydrogens is 323 g/mol. The molecule has 3 heterocycles. The van der Waals surface area contributed by atoms with Gasteiger partial charge in [0.2, 0.25) is 5.82 Å². The van der Waals surface area contributed by atoms with Gasteiger partial charge in [0.1, 0.15) is 11.6 Å². The van der Waals surface area contributed by atoms with Gasteiger partial charge in [-0.1, -0.05) is 0 Å². The van der Waals surface area contributed by atoms with Crippen molar-refractivity contribution in [1.82, 2.24) is 29.9 Å². The number of halogens is 1. The summed E-state index contributed by atoms with van der Waals surface area (Å²) in [5, 5.41) is 11.1. The molecule has 4 rings (SSSR count). The molecule has 2 aromatic heterocycles. The topological polar surface area (TPSA) is 79.7 Å². The molecule has 0 bridgehead atoms. The number of hydrogen-bond donors (Lipinski definition) is 1. The van der Waals surface area contributed by atoms with Crippen LogP contribution in [0.2, 0.25) is 0 Å². The number of hydrogen-bond acceptors (Lipinski definition) is 4. The lowest BCUT2D eigenvalue weighted by Crippen LogP contribution is -2.31. The van der Waals surface area contributed by atoms with Gasteiger partial charge in [-0.15, -0.1) is 5.10 Å². The van der Waals surface area contributed by atoms with E-state index in [-0.39, 0.29) is 23.6 Å². The number of rotatable bonds is 3. The van der Waals surface area contributed by atoms with E-state index in [4.69, 9.17) is 0 Å². The summed E-state index contributed by atoms with van der Waals surface area (Å²) in [5.41, 5.74) is 1.65. The second kappa shape index (κ2) is 6.12. The third-order valence-electron chi connectivity index (χ3n) is 4.45. The van der Waals surface area contributed by atoms with Gasteiger partial charge in [0.05, 0.1) is 17.9 Å². The number of carbonyl (C=O) groups excluding carboxylic acids is 1. The number of benzene rings is 1. The van der Waals surface area contributed by atoms with E-state index in [0.717, 1.165) is 18.4 Å². The van der Waals surface area contributed by atoms with Crippen molar-refractivity contribution >= 4 is 5.91 Å². The first-order chi connectivity index (χ1) is 12.1. The van der Waals surface area contributed by atoms with Crippen molar-refractivity contribution in [2.24, 2.45) is 0 Å². The fraction of sp³-hybridized carbons (Fsp3) is 0.294. The van der Waals surface area contributed by atoms with Gasteiger partial charge >= 0.3 is 0 Å². The van der Waals surface area contributed by atoms with E-state index >= 15 is 0 Å². The largest absolute Gasteiger partial charge is 0.329 e. The number of carbonyl (C=O) groups is 1. The van der Waals surface area contributed by atoms with Crippen LogP contribution in [0.4, 0.5) is 4.39 Å². The Kier molecular flexibility index (Phi) is 3.79. The second-order valence-electron chi connectivity index (χ2n) is 6.06. The van der Waals surface area contributed by atoms with E-state index in [9.17, 15) is 9.18 Å². The van der Waals surface area contributed by atoms with Gasteiger partial charge in [0.25, 0.3) is 5.91 Å². The Morgan fingerprint density at radius 1 is 1.32 bits per heavy atom. The van der Waals surface area contributed by atoms with E-state index in [2.05, 4.69) is 20.3 Å². The third-order valence-corrected chi connectivity index (χ3v) is 4.45. The quantitative estimate of drug-likeness (QED) is 0.794. The first kappa shape index (κ1) is 15.5. The van der Waals surface area contributed by atoms with Crippen molar-refractivity contribution < 1.29 is 9.18 Å². The van der Waals surface area contributed by atoms with E-state index in [1.807, 2.05) is 6.20 Å². The molecule has 1 N–H and O–H groups in total. The number of H-pyrrole nitrogens is 1. The van der Waals surface area contributed by atoms with Crippen LogP contribution >= 0.6 is 0 Å². The standard InChI is InChI=1S/C17H17FN6O/c1-11-21-16(22-24(11)14-6-4-13(18)5-7-14)17(25)23-8-2-3-15(23)12-9-19-20-10-12/h4-7,9-10,15H,2-3,8H2,1H3,(H,19,20). The number of aromatic amines is 1. The Balaban J connectivity index is 1.62. The maximum atomic E-state index is 13.1. The van der Waals surface area contributed by atoms with Gasteiger partial charge in [0, 0.05) is 18.3 Å². The highest BCUT2D eigenvalue weighted by Crippen LogP contribution is 2.32. The average Bonchev–Trinajstić information content (AvgIpc) is 3.35. The maximum Gasteiger partial charge on any atom is 0.294 e. The van der Waals surface area contributed by atoms with Gasteiger partial charge in [0.15, 0.2) is 0 Å². The fourth-order valence-corrected chi connectivity index (χ4v) is 3.24. The zero-order valence-corrected chi connectivity index (χ0v) is 13.7. The number of aryl methyl sites for hydroxylation is 1. The van der Waals surface area contributed by atoms with Crippen LogP contribution in [0, 0.1) is 12.7 Å². The average molecular weight is 340 g/mol. The Morgan fingerprint density at radius 2 is 2.12 bits per heavy atom. The SMILES string of the molecule is Cc1nc(C(=O)N2CCCC2c2cn[nH]c2)nn1-c1ccc(F)cc1. The summed E-state index contributed by atoms with van der Waals surface area (Å²) in [7, 11) is 0. The van der Waals surface area contributed by atoms with Crippen LogP contribution in [0.3, 0.4) is 0 Å². The lowest BCUT2D eigenvalue weighted by Gasteiger charge is -2.22. The van der Waals surface area contributed by atoms with E-state index in [1.54, 1.807) is 34.8 Å². The van der Waals surface area contributed by atoms with Crippen LogP contribution in [0.15, 0.2) is 36.7 Å². The molecule has 8 heteroatoms. The molecular formula is C17H17FN6O. The number of nitrogens with one attached hydrogen (secondary N) is 1. The predicted octanol–water partition coefficient (Wildman–Crippen LogP) is 2.42. The highest BCUT2D eigenvalue weighted by atomic mass is 19.1. The first-order valence-corrected chi connectivity index (χ1v) is 8.13.